The predicted octanol–water partition coefficient (Wildman–Crippen LogP) is 2.97. The van der Waals surface area contributed by atoms with Crippen LogP contribution in [0.15, 0.2) is 48.5 Å². The number of imide groups is 1. The normalized spacial score (nSPS) is 18.3. The molecule has 1 atom stereocenters. The number of fused-ring (bicyclic) bond motifs is 2. The first-order valence-corrected chi connectivity index (χ1v) is 9.55. The molecule has 0 spiro atoms. The molecule has 1 saturated heterocycles. The number of anilines is 1. The number of nitrogens with zero attached hydrogens (tertiary/aromatic N) is 2. The van der Waals surface area contributed by atoms with Crippen molar-refractivity contribution in [3.05, 3.63) is 65.2 Å². The molecule has 6 nitrogen and oxygen atoms in total. The Bertz CT molecular complexity index is 893. The van der Waals surface area contributed by atoms with Gasteiger partial charge in [-0.15, -0.1) is 0 Å². The first-order valence-electron chi connectivity index (χ1n) is 9.55. The molecule has 4 amide bonds. The van der Waals surface area contributed by atoms with Crippen molar-refractivity contribution in [3.8, 4) is 0 Å². The highest BCUT2D eigenvalue weighted by Gasteiger charge is 2.47. The summed E-state index contributed by atoms with van der Waals surface area (Å²) in [6.07, 6.45) is 0.535. The smallest absolute Gasteiger partial charge is 0.332 e. The Balaban J connectivity index is 1.53. The first kappa shape index (κ1) is 18.2. The van der Waals surface area contributed by atoms with E-state index in [0.717, 1.165) is 11.1 Å². The SMILES string of the molecule is CC(C)CNC(=O)c1ccc(N2C(=O)[C@@H]3Cc4ccccc4CN3C2=O)cc1. The summed E-state index contributed by atoms with van der Waals surface area (Å²) in [5, 5.41) is 2.86. The van der Waals surface area contributed by atoms with Crippen LogP contribution in [0.3, 0.4) is 0 Å². The number of nitrogens with one attached hydrogen (secondary N) is 1. The number of carbonyl (C=O) groups excluding carboxylic acids is 3. The van der Waals surface area contributed by atoms with Crippen molar-refractivity contribution in [3.63, 3.8) is 0 Å². The third-order valence-corrected chi connectivity index (χ3v) is 5.25. The molecule has 144 valence electrons. The van der Waals surface area contributed by atoms with E-state index in [2.05, 4.69) is 5.32 Å². The van der Waals surface area contributed by atoms with Gasteiger partial charge in [-0.05, 0) is 41.3 Å². The van der Waals surface area contributed by atoms with Gasteiger partial charge in [-0.2, -0.15) is 0 Å². The summed E-state index contributed by atoms with van der Waals surface area (Å²) in [7, 11) is 0. The zero-order chi connectivity index (χ0) is 19.8. The second-order valence-corrected chi connectivity index (χ2v) is 7.72. The fourth-order valence-corrected chi connectivity index (χ4v) is 3.71. The van der Waals surface area contributed by atoms with Crippen LogP contribution in [0.4, 0.5) is 10.5 Å². The van der Waals surface area contributed by atoms with Crippen LogP contribution < -0.4 is 10.2 Å². The van der Waals surface area contributed by atoms with Gasteiger partial charge in [-0.3, -0.25) is 9.59 Å². The Hall–Kier alpha value is -3.15. The lowest BCUT2D eigenvalue weighted by molar-refractivity contribution is -0.120. The number of hydrogen-bond donors (Lipinski definition) is 1. The predicted molar refractivity (Wildman–Crippen MR) is 106 cm³/mol. The minimum absolute atomic E-state index is 0.160. The van der Waals surface area contributed by atoms with E-state index in [1.54, 1.807) is 29.2 Å². The van der Waals surface area contributed by atoms with Gasteiger partial charge in [0.15, 0.2) is 0 Å². The summed E-state index contributed by atoms with van der Waals surface area (Å²) in [5.41, 5.74) is 3.20. The highest BCUT2D eigenvalue weighted by molar-refractivity contribution is 6.21. The Kier molecular flexibility index (Phi) is 4.63. The standard InChI is InChI=1S/C22H23N3O3/c1-14(2)12-23-20(26)15-7-9-18(10-8-15)25-21(27)19-11-16-5-3-4-6-17(16)13-24(19)22(25)28/h3-10,14,19H,11-13H2,1-2H3,(H,23,26)/t19-/m0/s1. The summed E-state index contributed by atoms with van der Waals surface area (Å²) in [6.45, 7) is 5.10. The van der Waals surface area contributed by atoms with E-state index in [1.807, 2.05) is 38.1 Å². The van der Waals surface area contributed by atoms with E-state index in [0.29, 0.717) is 36.7 Å². The van der Waals surface area contributed by atoms with Crippen molar-refractivity contribution in [2.24, 2.45) is 5.92 Å². The zero-order valence-electron chi connectivity index (χ0n) is 16.0. The van der Waals surface area contributed by atoms with Crippen molar-refractivity contribution in [1.29, 1.82) is 0 Å². The van der Waals surface area contributed by atoms with Gasteiger partial charge in [0.1, 0.15) is 6.04 Å². The van der Waals surface area contributed by atoms with Crippen molar-refractivity contribution in [2.45, 2.75) is 32.9 Å². The van der Waals surface area contributed by atoms with Crippen molar-refractivity contribution in [2.75, 3.05) is 11.4 Å². The second-order valence-electron chi connectivity index (χ2n) is 7.72. The van der Waals surface area contributed by atoms with Gasteiger partial charge in [0.2, 0.25) is 0 Å². The maximum atomic E-state index is 12.9. The highest BCUT2D eigenvalue weighted by Crippen LogP contribution is 2.32. The number of rotatable bonds is 4. The number of urea groups is 1. The Morgan fingerprint density at radius 1 is 1.07 bits per heavy atom. The van der Waals surface area contributed by atoms with E-state index in [9.17, 15) is 14.4 Å². The third-order valence-electron chi connectivity index (χ3n) is 5.25. The molecule has 0 bridgehead atoms. The number of amides is 4. The Morgan fingerprint density at radius 3 is 2.43 bits per heavy atom. The van der Waals surface area contributed by atoms with Gasteiger partial charge in [0, 0.05) is 25.1 Å². The molecule has 2 heterocycles. The van der Waals surface area contributed by atoms with Crippen LogP contribution in [0.5, 0.6) is 0 Å². The van der Waals surface area contributed by atoms with Gasteiger partial charge in [0.05, 0.1) is 5.69 Å². The molecule has 0 radical (unpaired) electrons. The quantitative estimate of drug-likeness (QED) is 0.833. The highest BCUT2D eigenvalue weighted by atomic mass is 16.2. The fraction of sp³-hybridized carbons (Fsp3) is 0.318. The van der Waals surface area contributed by atoms with Crippen molar-refractivity contribution in [1.82, 2.24) is 10.2 Å². The molecular weight excluding hydrogens is 354 g/mol. The molecule has 0 aliphatic carbocycles. The zero-order valence-corrected chi connectivity index (χ0v) is 16.0. The number of hydrogen-bond acceptors (Lipinski definition) is 3. The summed E-state index contributed by atoms with van der Waals surface area (Å²) in [4.78, 5) is 40.9. The van der Waals surface area contributed by atoms with Gasteiger partial charge in [0.25, 0.3) is 11.8 Å². The molecule has 28 heavy (non-hydrogen) atoms. The molecule has 2 aromatic carbocycles. The monoisotopic (exact) mass is 377 g/mol. The molecule has 6 heteroatoms. The first-order chi connectivity index (χ1) is 13.5. The third kappa shape index (κ3) is 3.15. The largest absolute Gasteiger partial charge is 0.352 e. The molecule has 4 rings (SSSR count). The lowest BCUT2D eigenvalue weighted by Gasteiger charge is -2.28. The molecule has 0 saturated carbocycles. The average molecular weight is 377 g/mol. The number of benzene rings is 2. The van der Waals surface area contributed by atoms with E-state index in [-0.39, 0.29) is 17.8 Å². The molecular formula is C22H23N3O3. The Morgan fingerprint density at radius 2 is 1.75 bits per heavy atom. The van der Waals surface area contributed by atoms with Crippen molar-refractivity contribution >= 4 is 23.5 Å². The van der Waals surface area contributed by atoms with Crippen LogP contribution in [-0.4, -0.2) is 35.3 Å². The average Bonchev–Trinajstić information content (AvgIpc) is 2.94. The summed E-state index contributed by atoms with van der Waals surface area (Å²) in [6, 6.07) is 13.8. The van der Waals surface area contributed by atoms with E-state index in [1.165, 1.54) is 4.90 Å². The van der Waals surface area contributed by atoms with Gasteiger partial charge in [-0.25, -0.2) is 9.69 Å². The molecule has 2 aromatic rings. The molecule has 0 aromatic heterocycles. The van der Waals surface area contributed by atoms with Gasteiger partial charge < -0.3 is 10.2 Å². The maximum absolute atomic E-state index is 12.9. The van der Waals surface area contributed by atoms with Crippen LogP contribution in [0.25, 0.3) is 0 Å². The topological polar surface area (TPSA) is 69.7 Å². The minimum atomic E-state index is -0.462. The molecule has 2 aliphatic heterocycles. The lowest BCUT2D eigenvalue weighted by atomic mass is 9.95. The second kappa shape index (κ2) is 7.11. The molecule has 0 unspecified atom stereocenters. The van der Waals surface area contributed by atoms with E-state index in [4.69, 9.17) is 0 Å². The molecule has 1 fully saturated rings. The number of carbonyl (C=O) groups is 3. The van der Waals surface area contributed by atoms with Crippen LogP contribution in [-0.2, 0) is 17.8 Å². The summed E-state index contributed by atoms with van der Waals surface area (Å²) >= 11 is 0. The van der Waals surface area contributed by atoms with Crippen LogP contribution in [0, 0.1) is 5.92 Å². The van der Waals surface area contributed by atoms with Crippen LogP contribution >= 0.6 is 0 Å². The summed E-state index contributed by atoms with van der Waals surface area (Å²) in [5.74, 6) is -0.00621. The molecule has 2 aliphatic rings. The summed E-state index contributed by atoms with van der Waals surface area (Å²) < 4.78 is 0. The lowest BCUT2D eigenvalue weighted by Crippen LogP contribution is -2.39. The van der Waals surface area contributed by atoms with E-state index >= 15 is 0 Å². The Labute approximate surface area is 164 Å². The van der Waals surface area contributed by atoms with E-state index < -0.39 is 6.04 Å². The van der Waals surface area contributed by atoms with Crippen LogP contribution in [0.1, 0.15) is 35.3 Å². The maximum Gasteiger partial charge on any atom is 0.332 e. The molecule has 1 N–H and O–H groups in total. The fourth-order valence-electron chi connectivity index (χ4n) is 3.71. The van der Waals surface area contributed by atoms with Crippen LogP contribution in [0.2, 0.25) is 0 Å². The minimum Gasteiger partial charge on any atom is -0.352 e. The van der Waals surface area contributed by atoms with Gasteiger partial charge in [-0.1, -0.05) is 38.1 Å². The van der Waals surface area contributed by atoms with Gasteiger partial charge >= 0.3 is 6.03 Å². The van der Waals surface area contributed by atoms with Crippen molar-refractivity contribution < 1.29 is 14.4 Å².